The number of phenolic OH excluding ortho intramolecular Hbond substituents is 3. The zero-order valence-corrected chi connectivity index (χ0v) is 12.1. The van der Waals surface area contributed by atoms with E-state index >= 15 is 0 Å². The molecule has 0 heterocycles. The van der Waals surface area contributed by atoms with Crippen LogP contribution in [0.5, 0.6) is 17.2 Å². The molecule has 0 unspecified atom stereocenters. The molecule has 114 valence electrons. The van der Waals surface area contributed by atoms with Crippen LogP contribution in [-0.2, 0) is 0 Å². The Hall–Kier alpha value is -3.27. The van der Waals surface area contributed by atoms with E-state index in [9.17, 15) is 20.1 Å². The minimum Gasteiger partial charge on any atom is -0.508 e. The maximum Gasteiger partial charge on any atom is 0.154 e. The lowest BCUT2D eigenvalue weighted by molar-refractivity contribution is 0.112. The largest absolute Gasteiger partial charge is 0.508 e. The van der Waals surface area contributed by atoms with Gasteiger partial charge in [0, 0.05) is 5.56 Å². The fourth-order valence-corrected chi connectivity index (χ4v) is 2.55. The van der Waals surface area contributed by atoms with Crippen LogP contribution in [0.4, 0.5) is 0 Å². The Morgan fingerprint density at radius 1 is 0.652 bits per heavy atom. The second kappa shape index (κ2) is 5.85. The molecule has 3 aromatic rings. The molecule has 0 bridgehead atoms. The van der Waals surface area contributed by atoms with Crippen molar-refractivity contribution in [2.75, 3.05) is 0 Å². The molecule has 0 spiro atoms. The molecule has 0 fully saturated rings. The number of hydrogen-bond donors (Lipinski definition) is 3. The van der Waals surface area contributed by atoms with Crippen molar-refractivity contribution >= 4 is 6.29 Å². The molecule has 4 nitrogen and oxygen atoms in total. The summed E-state index contributed by atoms with van der Waals surface area (Å²) in [5.74, 6) is 0.160. The zero-order valence-electron chi connectivity index (χ0n) is 12.1. The highest BCUT2D eigenvalue weighted by Crippen LogP contribution is 2.39. The van der Waals surface area contributed by atoms with Gasteiger partial charge >= 0.3 is 0 Å². The van der Waals surface area contributed by atoms with Crippen LogP contribution in [-0.4, -0.2) is 21.6 Å². The second-order valence-electron chi connectivity index (χ2n) is 5.13. The van der Waals surface area contributed by atoms with Gasteiger partial charge in [-0.1, -0.05) is 30.3 Å². The van der Waals surface area contributed by atoms with Crippen molar-refractivity contribution in [3.8, 4) is 39.5 Å². The van der Waals surface area contributed by atoms with Crippen LogP contribution in [0.1, 0.15) is 10.4 Å². The van der Waals surface area contributed by atoms with Crippen LogP contribution < -0.4 is 0 Å². The highest BCUT2D eigenvalue weighted by atomic mass is 16.3. The number of carbonyl (C=O) groups is 1. The quantitative estimate of drug-likeness (QED) is 0.640. The zero-order chi connectivity index (χ0) is 16.4. The number of aldehydes is 1. The summed E-state index contributed by atoms with van der Waals surface area (Å²) in [6, 6.07) is 16.2. The van der Waals surface area contributed by atoms with Crippen molar-refractivity contribution in [2.24, 2.45) is 0 Å². The predicted octanol–water partition coefficient (Wildman–Crippen LogP) is 3.95. The standard InChI is InChI=1S/C19H14O4/c20-11-17-18(23)10-9-16(12-1-5-14(21)6-2-12)19(17)13-3-7-15(22)8-4-13/h1-11,21-23H. The first-order chi connectivity index (χ1) is 11.1. The van der Waals surface area contributed by atoms with Crippen LogP contribution >= 0.6 is 0 Å². The number of benzene rings is 3. The molecule has 0 aromatic heterocycles. The van der Waals surface area contributed by atoms with Crippen molar-refractivity contribution in [3.63, 3.8) is 0 Å². The molecule has 0 aliphatic carbocycles. The van der Waals surface area contributed by atoms with Gasteiger partial charge in [-0.15, -0.1) is 0 Å². The number of aromatic hydroxyl groups is 3. The normalized spacial score (nSPS) is 10.4. The van der Waals surface area contributed by atoms with E-state index in [2.05, 4.69) is 0 Å². The summed E-state index contributed by atoms with van der Waals surface area (Å²) in [6.07, 6.45) is 0.613. The monoisotopic (exact) mass is 306 g/mol. The molecule has 0 saturated carbocycles. The van der Waals surface area contributed by atoms with E-state index in [1.807, 2.05) is 0 Å². The first-order valence-corrected chi connectivity index (χ1v) is 7.00. The van der Waals surface area contributed by atoms with Crippen LogP contribution in [0.25, 0.3) is 22.3 Å². The SMILES string of the molecule is O=Cc1c(O)ccc(-c2ccc(O)cc2)c1-c1ccc(O)cc1. The molecule has 0 aliphatic heterocycles. The van der Waals surface area contributed by atoms with E-state index in [1.54, 1.807) is 42.5 Å². The molecule has 4 heteroatoms. The van der Waals surface area contributed by atoms with Gasteiger partial charge < -0.3 is 15.3 Å². The summed E-state index contributed by atoms with van der Waals surface area (Å²) in [5, 5.41) is 28.9. The Balaban J connectivity index is 2.29. The Kier molecular flexibility index (Phi) is 3.73. The minimum absolute atomic E-state index is 0.106. The summed E-state index contributed by atoms with van der Waals surface area (Å²) in [4.78, 5) is 11.5. The molecule has 23 heavy (non-hydrogen) atoms. The van der Waals surface area contributed by atoms with Gasteiger partial charge in [-0.3, -0.25) is 4.79 Å². The average Bonchev–Trinajstić information content (AvgIpc) is 2.56. The molecule has 0 radical (unpaired) electrons. The molecule has 0 saturated heterocycles. The van der Waals surface area contributed by atoms with E-state index in [-0.39, 0.29) is 22.8 Å². The molecule has 0 amide bonds. The highest BCUT2D eigenvalue weighted by molar-refractivity contribution is 5.98. The van der Waals surface area contributed by atoms with E-state index in [0.717, 1.165) is 11.1 Å². The van der Waals surface area contributed by atoms with E-state index in [0.29, 0.717) is 17.4 Å². The van der Waals surface area contributed by atoms with Crippen molar-refractivity contribution in [3.05, 3.63) is 66.2 Å². The van der Waals surface area contributed by atoms with Crippen LogP contribution in [0.3, 0.4) is 0 Å². The summed E-state index contributed by atoms with van der Waals surface area (Å²) < 4.78 is 0. The summed E-state index contributed by atoms with van der Waals surface area (Å²) >= 11 is 0. The topological polar surface area (TPSA) is 77.8 Å². The van der Waals surface area contributed by atoms with Gasteiger partial charge in [0.15, 0.2) is 6.29 Å². The van der Waals surface area contributed by atoms with E-state index in [1.165, 1.54) is 18.2 Å². The number of rotatable bonds is 3. The molecule has 0 atom stereocenters. The van der Waals surface area contributed by atoms with Gasteiger partial charge in [-0.05, 0) is 47.0 Å². The van der Waals surface area contributed by atoms with Gasteiger partial charge in [0.1, 0.15) is 17.2 Å². The first kappa shape index (κ1) is 14.7. The lowest BCUT2D eigenvalue weighted by atomic mass is 9.90. The van der Waals surface area contributed by atoms with Gasteiger partial charge in [0.25, 0.3) is 0 Å². The van der Waals surface area contributed by atoms with Gasteiger partial charge in [-0.2, -0.15) is 0 Å². The molecule has 3 aromatic carbocycles. The predicted molar refractivity (Wildman–Crippen MR) is 87.7 cm³/mol. The summed E-state index contributed by atoms with van der Waals surface area (Å²) in [6.45, 7) is 0. The number of phenols is 3. The summed E-state index contributed by atoms with van der Waals surface area (Å²) in [7, 11) is 0. The fourth-order valence-electron chi connectivity index (χ4n) is 2.55. The van der Waals surface area contributed by atoms with Gasteiger partial charge in [0.2, 0.25) is 0 Å². The van der Waals surface area contributed by atoms with Gasteiger partial charge in [0.05, 0.1) is 5.56 Å². The molecule has 3 N–H and O–H groups in total. The number of hydrogen-bond acceptors (Lipinski definition) is 4. The first-order valence-electron chi connectivity index (χ1n) is 7.00. The lowest BCUT2D eigenvalue weighted by Crippen LogP contribution is -1.93. The van der Waals surface area contributed by atoms with Crippen molar-refractivity contribution in [1.29, 1.82) is 0 Å². The van der Waals surface area contributed by atoms with Crippen LogP contribution in [0, 0.1) is 0 Å². The highest BCUT2D eigenvalue weighted by Gasteiger charge is 2.16. The van der Waals surface area contributed by atoms with Crippen LogP contribution in [0.15, 0.2) is 60.7 Å². The number of carbonyl (C=O) groups excluding carboxylic acids is 1. The maximum atomic E-state index is 11.5. The Labute approximate surface area is 132 Å². The third-order valence-electron chi connectivity index (χ3n) is 3.67. The van der Waals surface area contributed by atoms with Crippen molar-refractivity contribution in [2.45, 2.75) is 0 Å². The third kappa shape index (κ3) is 2.74. The smallest absolute Gasteiger partial charge is 0.154 e. The average molecular weight is 306 g/mol. The summed E-state index contributed by atoms with van der Waals surface area (Å²) in [5.41, 5.74) is 3.00. The van der Waals surface area contributed by atoms with E-state index < -0.39 is 0 Å². The van der Waals surface area contributed by atoms with Crippen molar-refractivity contribution in [1.82, 2.24) is 0 Å². The Bertz CT molecular complexity index is 850. The molecule has 3 rings (SSSR count). The second-order valence-corrected chi connectivity index (χ2v) is 5.13. The minimum atomic E-state index is -0.106. The molecular weight excluding hydrogens is 292 g/mol. The maximum absolute atomic E-state index is 11.5. The van der Waals surface area contributed by atoms with Gasteiger partial charge in [-0.25, -0.2) is 0 Å². The third-order valence-corrected chi connectivity index (χ3v) is 3.67. The molecule has 0 aliphatic rings. The lowest BCUT2D eigenvalue weighted by Gasteiger charge is -2.14. The van der Waals surface area contributed by atoms with E-state index in [4.69, 9.17) is 0 Å². The fraction of sp³-hybridized carbons (Fsp3) is 0. The molecular formula is C19H14O4. The Morgan fingerprint density at radius 3 is 1.70 bits per heavy atom. The van der Waals surface area contributed by atoms with Crippen molar-refractivity contribution < 1.29 is 20.1 Å². The Morgan fingerprint density at radius 2 is 1.17 bits per heavy atom. The van der Waals surface area contributed by atoms with Crippen LogP contribution in [0.2, 0.25) is 0 Å².